The number of aromatic nitrogens is 1. The van der Waals surface area contributed by atoms with Crippen LogP contribution in [-0.2, 0) is 11.3 Å². The van der Waals surface area contributed by atoms with Gasteiger partial charge in [0.2, 0.25) is 0 Å². The molecule has 0 radical (unpaired) electrons. The topological polar surface area (TPSA) is 94.6 Å². The number of aryl methyl sites for hydroxylation is 1. The van der Waals surface area contributed by atoms with Gasteiger partial charge in [-0.1, -0.05) is 30.3 Å². The van der Waals surface area contributed by atoms with Crippen LogP contribution in [0.15, 0.2) is 42.5 Å². The zero-order valence-electron chi connectivity index (χ0n) is 16.1. The molecule has 1 aromatic heterocycles. The minimum absolute atomic E-state index is 0.0559. The first kappa shape index (κ1) is 19.5. The number of carbonyl (C=O) groups is 2. The number of nitrogens with zero attached hydrogens (tertiary/aromatic N) is 1. The molecule has 0 fully saturated rings. The quantitative estimate of drug-likeness (QED) is 0.583. The summed E-state index contributed by atoms with van der Waals surface area (Å²) in [4.78, 5) is 22.9. The monoisotopic (exact) mass is 380 g/mol. The maximum atomic E-state index is 12.2. The first-order valence-corrected chi connectivity index (χ1v) is 9.21. The fourth-order valence-electron chi connectivity index (χ4n) is 3.55. The largest absolute Gasteiger partial charge is 0.493 e. The van der Waals surface area contributed by atoms with E-state index in [9.17, 15) is 9.59 Å². The highest BCUT2D eigenvalue weighted by atomic mass is 16.5. The molecule has 3 N–H and O–H groups in total. The van der Waals surface area contributed by atoms with Crippen LogP contribution in [0.25, 0.3) is 10.9 Å². The Morgan fingerprint density at radius 2 is 1.82 bits per heavy atom. The summed E-state index contributed by atoms with van der Waals surface area (Å²) >= 11 is 0. The molecule has 28 heavy (non-hydrogen) atoms. The zero-order valence-corrected chi connectivity index (χ0v) is 16.1. The summed E-state index contributed by atoms with van der Waals surface area (Å²) in [7, 11) is 0. The summed E-state index contributed by atoms with van der Waals surface area (Å²) in [5.41, 5.74) is 9.90. The molecule has 0 atom stereocenters. The van der Waals surface area contributed by atoms with Crippen LogP contribution in [-0.4, -0.2) is 28.2 Å². The maximum absolute atomic E-state index is 12.2. The van der Waals surface area contributed by atoms with Gasteiger partial charge in [0.05, 0.1) is 12.2 Å². The van der Waals surface area contributed by atoms with Crippen molar-refractivity contribution in [2.75, 3.05) is 6.61 Å². The number of carboxylic acids is 1. The first-order chi connectivity index (χ1) is 13.4. The van der Waals surface area contributed by atoms with Crippen molar-refractivity contribution in [2.24, 2.45) is 5.73 Å². The molecule has 0 aliphatic heterocycles. The van der Waals surface area contributed by atoms with Gasteiger partial charge < -0.3 is 20.1 Å². The predicted molar refractivity (Wildman–Crippen MR) is 108 cm³/mol. The number of amides is 1. The van der Waals surface area contributed by atoms with Crippen LogP contribution in [0.3, 0.4) is 0 Å². The van der Waals surface area contributed by atoms with Crippen LogP contribution in [0.2, 0.25) is 0 Å². The lowest BCUT2D eigenvalue weighted by Crippen LogP contribution is -2.13. The van der Waals surface area contributed by atoms with Gasteiger partial charge in [-0.2, -0.15) is 0 Å². The first-order valence-electron chi connectivity index (χ1n) is 9.21. The van der Waals surface area contributed by atoms with Crippen molar-refractivity contribution in [1.29, 1.82) is 0 Å². The molecule has 2 aromatic carbocycles. The van der Waals surface area contributed by atoms with Crippen LogP contribution >= 0.6 is 0 Å². The van der Waals surface area contributed by atoms with Crippen molar-refractivity contribution in [1.82, 2.24) is 4.57 Å². The van der Waals surface area contributed by atoms with E-state index in [4.69, 9.17) is 15.6 Å². The van der Waals surface area contributed by atoms with Gasteiger partial charge in [0.15, 0.2) is 0 Å². The highest BCUT2D eigenvalue weighted by molar-refractivity contribution is 6.09. The Hall–Kier alpha value is -3.28. The van der Waals surface area contributed by atoms with Gasteiger partial charge in [0.25, 0.3) is 5.91 Å². The van der Waals surface area contributed by atoms with E-state index in [1.54, 1.807) is 0 Å². The Morgan fingerprint density at radius 3 is 2.46 bits per heavy atom. The van der Waals surface area contributed by atoms with Gasteiger partial charge in [-0.25, -0.2) is 0 Å². The van der Waals surface area contributed by atoms with Gasteiger partial charge in [-0.15, -0.1) is 0 Å². The number of hydrogen-bond acceptors (Lipinski definition) is 3. The highest BCUT2D eigenvalue weighted by Crippen LogP contribution is 2.34. The summed E-state index contributed by atoms with van der Waals surface area (Å²) in [6.07, 6.45) is 0.476. The third-order valence-corrected chi connectivity index (χ3v) is 4.92. The van der Waals surface area contributed by atoms with Crippen LogP contribution in [0.1, 0.15) is 40.0 Å². The van der Waals surface area contributed by atoms with E-state index in [1.807, 2.05) is 56.3 Å². The molecule has 146 valence electrons. The van der Waals surface area contributed by atoms with Crippen molar-refractivity contribution in [2.45, 2.75) is 33.2 Å². The average molecular weight is 380 g/mol. The lowest BCUT2D eigenvalue weighted by Gasteiger charge is -2.12. The number of carbonyl (C=O) groups excluding carboxylic acids is 1. The molecule has 0 aliphatic carbocycles. The van der Waals surface area contributed by atoms with Crippen molar-refractivity contribution in [3.8, 4) is 5.75 Å². The molecule has 1 heterocycles. The van der Waals surface area contributed by atoms with Crippen LogP contribution in [0.4, 0.5) is 0 Å². The standard InChI is InChI=1S/C22H24N2O4/c1-14-18(28-12-6-9-19(25)26)11-10-17-20(14)21(22(23)27)15(2)24(17)13-16-7-4-3-5-8-16/h3-5,7-8,10-11H,6,9,12-13H2,1-2H3,(H2,23,27)(H,25,26). The number of primary amides is 1. The number of benzene rings is 2. The number of ether oxygens (including phenoxy) is 1. The maximum Gasteiger partial charge on any atom is 0.303 e. The number of hydrogen-bond donors (Lipinski definition) is 2. The Balaban J connectivity index is 2.02. The third kappa shape index (κ3) is 3.86. The van der Waals surface area contributed by atoms with E-state index in [-0.39, 0.29) is 6.42 Å². The number of rotatable bonds is 8. The summed E-state index contributed by atoms with van der Waals surface area (Å²) in [5.74, 6) is -0.682. The van der Waals surface area contributed by atoms with Gasteiger partial charge in [0.1, 0.15) is 5.75 Å². The van der Waals surface area contributed by atoms with Crippen molar-refractivity contribution in [3.05, 3.63) is 64.8 Å². The molecule has 3 rings (SSSR count). The average Bonchev–Trinajstić information content (AvgIpc) is 2.94. The highest BCUT2D eigenvalue weighted by Gasteiger charge is 2.21. The lowest BCUT2D eigenvalue weighted by molar-refractivity contribution is -0.137. The van der Waals surface area contributed by atoms with Crippen LogP contribution in [0.5, 0.6) is 5.75 Å². The minimum Gasteiger partial charge on any atom is -0.493 e. The Kier molecular flexibility index (Phi) is 5.68. The smallest absolute Gasteiger partial charge is 0.303 e. The van der Waals surface area contributed by atoms with E-state index >= 15 is 0 Å². The van der Waals surface area contributed by atoms with Crippen molar-refractivity contribution in [3.63, 3.8) is 0 Å². The lowest BCUT2D eigenvalue weighted by atomic mass is 10.0. The van der Waals surface area contributed by atoms with E-state index in [2.05, 4.69) is 4.57 Å². The van der Waals surface area contributed by atoms with E-state index < -0.39 is 11.9 Å². The second kappa shape index (κ2) is 8.17. The number of fused-ring (bicyclic) bond motifs is 1. The van der Waals surface area contributed by atoms with E-state index in [0.717, 1.165) is 27.7 Å². The minimum atomic E-state index is -0.847. The van der Waals surface area contributed by atoms with Crippen molar-refractivity contribution >= 4 is 22.8 Å². The molecule has 0 unspecified atom stereocenters. The molecule has 1 amide bonds. The zero-order chi connectivity index (χ0) is 20.3. The molecular weight excluding hydrogens is 356 g/mol. The Bertz CT molecular complexity index is 1020. The number of aliphatic carboxylic acids is 1. The summed E-state index contributed by atoms with van der Waals surface area (Å²) in [6.45, 7) is 4.73. The summed E-state index contributed by atoms with van der Waals surface area (Å²) in [6, 6.07) is 13.8. The fraction of sp³-hybridized carbons (Fsp3) is 0.273. The molecule has 0 spiro atoms. The van der Waals surface area contributed by atoms with Gasteiger partial charge in [-0.3, -0.25) is 9.59 Å². The van der Waals surface area contributed by atoms with Gasteiger partial charge in [-0.05, 0) is 38.0 Å². The number of nitrogens with two attached hydrogens (primary N) is 1. The molecule has 0 aliphatic rings. The predicted octanol–water partition coefficient (Wildman–Crippen LogP) is 3.65. The molecule has 0 saturated heterocycles. The second-order valence-electron chi connectivity index (χ2n) is 6.82. The van der Waals surface area contributed by atoms with Crippen molar-refractivity contribution < 1.29 is 19.4 Å². The fourth-order valence-corrected chi connectivity index (χ4v) is 3.55. The van der Waals surface area contributed by atoms with E-state index in [1.165, 1.54) is 0 Å². The molecular formula is C22H24N2O4. The third-order valence-electron chi connectivity index (χ3n) is 4.92. The molecule has 6 nitrogen and oxygen atoms in total. The summed E-state index contributed by atoms with van der Waals surface area (Å²) < 4.78 is 7.86. The Morgan fingerprint density at radius 1 is 1.11 bits per heavy atom. The molecule has 0 bridgehead atoms. The van der Waals surface area contributed by atoms with Crippen LogP contribution < -0.4 is 10.5 Å². The van der Waals surface area contributed by atoms with E-state index in [0.29, 0.717) is 30.9 Å². The number of carboxylic acid groups (broad SMARTS) is 1. The molecule has 3 aromatic rings. The molecule has 6 heteroatoms. The van der Waals surface area contributed by atoms with Crippen LogP contribution in [0, 0.1) is 13.8 Å². The Labute approximate surface area is 163 Å². The second-order valence-corrected chi connectivity index (χ2v) is 6.82. The molecule has 0 saturated carbocycles. The summed E-state index contributed by atoms with van der Waals surface area (Å²) in [5, 5.41) is 9.54. The normalized spacial score (nSPS) is 10.9. The van der Waals surface area contributed by atoms with Gasteiger partial charge >= 0.3 is 5.97 Å². The SMILES string of the molecule is Cc1c(OCCCC(=O)O)ccc2c1c(C(N)=O)c(C)n2Cc1ccccc1. The van der Waals surface area contributed by atoms with Gasteiger partial charge in [0, 0.05) is 35.1 Å².